The van der Waals surface area contributed by atoms with Crippen molar-refractivity contribution in [2.45, 2.75) is 26.3 Å². The van der Waals surface area contributed by atoms with Crippen LogP contribution in [0, 0.1) is 0 Å². The molecule has 1 aromatic heterocycles. The third kappa shape index (κ3) is 7.61. The van der Waals surface area contributed by atoms with Crippen LogP contribution in [0.25, 0.3) is 0 Å². The van der Waals surface area contributed by atoms with Gasteiger partial charge >= 0.3 is 0 Å². The molecule has 0 saturated heterocycles. The van der Waals surface area contributed by atoms with Gasteiger partial charge in [0.05, 0.1) is 6.54 Å². The second-order valence-corrected chi connectivity index (χ2v) is 7.73. The maximum atomic E-state index is 5.10. The van der Waals surface area contributed by atoms with Gasteiger partial charge in [0.15, 0.2) is 5.96 Å². The Hall–Kier alpha value is -1.15. The zero-order chi connectivity index (χ0) is 18.6. The van der Waals surface area contributed by atoms with E-state index in [2.05, 4.69) is 45.9 Å². The first-order valence-electron chi connectivity index (χ1n) is 9.70. The first-order chi connectivity index (χ1) is 12.7. The number of hydrogen-bond donors (Lipinski definition) is 2. The first kappa shape index (κ1) is 21.2. The normalized spacial score (nSPS) is 15.3. The number of thiophene rings is 1. The molecule has 2 rings (SSSR count). The summed E-state index contributed by atoms with van der Waals surface area (Å²) in [6.07, 6.45) is 2.26. The Morgan fingerprint density at radius 1 is 1.38 bits per heavy atom. The van der Waals surface area contributed by atoms with Crippen LogP contribution in [0.1, 0.15) is 23.8 Å². The highest BCUT2D eigenvalue weighted by molar-refractivity contribution is 7.10. The Bertz CT molecular complexity index is 534. The number of hydrogen-bond acceptors (Lipinski definition) is 5. The lowest BCUT2D eigenvalue weighted by Crippen LogP contribution is -2.41. The van der Waals surface area contributed by atoms with Crippen molar-refractivity contribution in [2.24, 2.45) is 4.99 Å². The van der Waals surface area contributed by atoms with Crippen molar-refractivity contribution in [3.8, 4) is 0 Å². The van der Waals surface area contributed by atoms with Gasteiger partial charge in [0, 0.05) is 64.4 Å². The smallest absolute Gasteiger partial charge is 0.191 e. The van der Waals surface area contributed by atoms with Crippen molar-refractivity contribution in [2.75, 3.05) is 66.6 Å². The van der Waals surface area contributed by atoms with E-state index in [4.69, 9.17) is 9.73 Å². The minimum Gasteiger partial charge on any atom is -0.385 e. The molecule has 0 atom stereocenters. The van der Waals surface area contributed by atoms with Crippen LogP contribution in [0.4, 0.5) is 0 Å². The summed E-state index contributed by atoms with van der Waals surface area (Å²) in [4.78, 5) is 11.1. The van der Waals surface area contributed by atoms with Crippen molar-refractivity contribution in [3.05, 3.63) is 21.9 Å². The van der Waals surface area contributed by atoms with Crippen LogP contribution in [0.15, 0.2) is 16.4 Å². The maximum Gasteiger partial charge on any atom is 0.191 e. The summed E-state index contributed by atoms with van der Waals surface area (Å²) < 4.78 is 5.10. The zero-order valence-corrected chi connectivity index (χ0v) is 17.4. The number of aliphatic imine (C=N–C) groups is 1. The predicted octanol–water partition coefficient (Wildman–Crippen LogP) is 1.63. The molecule has 2 heterocycles. The molecule has 0 spiro atoms. The fraction of sp³-hybridized carbons (Fsp3) is 0.737. The van der Waals surface area contributed by atoms with Crippen LogP contribution in [-0.4, -0.2) is 82.3 Å². The molecule has 6 nitrogen and oxygen atoms in total. The number of nitrogens with one attached hydrogen (secondary N) is 2. The van der Waals surface area contributed by atoms with E-state index < -0.39 is 0 Å². The summed E-state index contributed by atoms with van der Waals surface area (Å²) >= 11 is 1.89. The Balaban J connectivity index is 1.66. The van der Waals surface area contributed by atoms with E-state index in [1.54, 1.807) is 12.0 Å². The second kappa shape index (κ2) is 12.3. The fourth-order valence-corrected chi connectivity index (χ4v) is 3.99. The molecular weight excluding hydrogens is 346 g/mol. The van der Waals surface area contributed by atoms with Gasteiger partial charge in [-0.2, -0.15) is 0 Å². The van der Waals surface area contributed by atoms with Gasteiger partial charge in [-0.1, -0.05) is 0 Å². The van der Waals surface area contributed by atoms with E-state index in [-0.39, 0.29) is 0 Å². The average molecular weight is 382 g/mol. The van der Waals surface area contributed by atoms with Crippen LogP contribution >= 0.6 is 11.3 Å². The molecule has 0 aliphatic carbocycles. The van der Waals surface area contributed by atoms with Gasteiger partial charge < -0.3 is 20.3 Å². The first-order valence-corrected chi connectivity index (χ1v) is 10.6. The lowest BCUT2D eigenvalue weighted by molar-refractivity contribution is 0.180. The van der Waals surface area contributed by atoms with Crippen LogP contribution in [-0.2, 0) is 17.7 Å². The van der Waals surface area contributed by atoms with Crippen LogP contribution in [0.3, 0.4) is 0 Å². The predicted molar refractivity (Wildman–Crippen MR) is 111 cm³/mol. The Morgan fingerprint density at radius 2 is 2.27 bits per heavy atom. The number of ether oxygens (including phenoxy) is 1. The summed E-state index contributed by atoms with van der Waals surface area (Å²) in [5.74, 6) is 0.922. The SMILES string of the molecule is CCNC(=NCCN1CCc2sccc2C1)NCCN(C)CCCOC. The van der Waals surface area contributed by atoms with Gasteiger partial charge in [0.25, 0.3) is 0 Å². The molecule has 1 aliphatic rings. The van der Waals surface area contributed by atoms with E-state index in [1.807, 2.05) is 11.3 Å². The maximum absolute atomic E-state index is 5.10. The standard InChI is InChI=1S/C19H35N5OS/c1-4-20-19(21-8-12-23(2)10-5-14-25-3)22-9-13-24-11-6-18-17(16-24)7-15-26-18/h7,15H,4-6,8-14,16H2,1-3H3,(H2,20,21,22). The average Bonchev–Trinajstić information content (AvgIpc) is 3.10. The molecule has 1 aromatic rings. The highest BCUT2D eigenvalue weighted by atomic mass is 32.1. The fourth-order valence-electron chi connectivity index (χ4n) is 3.10. The summed E-state index contributed by atoms with van der Waals surface area (Å²) in [7, 11) is 3.90. The van der Waals surface area contributed by atoms with Gasteiger partial charge in [-0.05, 0) is 43.8 Å². The molecule has 26 heavy (non-hydrogen) atoms. The quantitative estimate of drug-likeness (QED) is 0.347. The number of likely N-dealkylation sites (N-methyl/N-ethyl adjacent to an activating group) is 1. The van der Waals surface area contributed by atoms with Gasteiger partial charge in [0.2, 0.25) is 0 Å². The highest BCUT2D eigenvalue weighted by Gasteiger charge is 2.16. The Kier molecular flexibility index (Phi) is 9.99. The molecule has 0 fully saturated rings. The van der Waals surface area contributed by atoms with E-state index in [9.17, 15) is 0 Å². The van der Waals surface area contributed by atoms with Crippen LogP contribution in [0.2, 0.25) is 0 Å². The van der Waals surface area contributed by atoms with Crippen molar-refractivity contribution >= 4 is 17.3 Å². The molecule has 0 unspecified atom stereocenters. The van der Waals surface area contributed by atoms with E-state index in [0.717, 1.165) is 71.3 Å². The lowest BCUT2D eigenvalue weighted by atomic mass is 10.1. The highest BCUT2D eigenvalue weighted by Crippen LogP contribution is 2.23. The summed E-state index contributed by atoms with van der Waals surface area (Å²) in [5.41, 5.74) is 1.51. The molecule has 0 radical (unpaired) electrons. The molecule has 0 aromatic carbocycles. The summed E-state index contributed by atoms with van der Waals surface area (Å²) in [5, 5.41) is 9.00. The Labute approximate surface area is 162 Å². The second-order valence-electron chi connectivity index (χ2n) is 6.73. The lowest BCUT2D eigenvalue weighted by Gasteiger charge is -2.26. The van der Waals surface area contributed by atoms with Crippen LogP contribution < -0.4 is 10.6 Å². The van der Waals surface area contributed by atoms with Crippen molar-refractivity contribution in [3.63, 3.8) is 0 Å². The summed E-state index contributed by atoms with van der Waals surface area (Å²) in [6.45, 7) is 10.9. The molecule has 0 amide bonds. The Morgan fingerprint density at radius 3 is 3.08 bits per heavy atom. The number of nitrogens with zero attached hydrogens (tertiary/aromatic N) is 3. The number of fused-ring (bicyclic) bond motifs is 1. The molecule has 0 bridgehead atoms. The number of guanidine groups is 1. The molecule has 7 heteroatoms. The van der Waals surface area contributed by atoms with E-state index >= 15 is 0 Å². The monoisotopic (exact) mass is 381 g/mol. The minimum atomic E-state index is 0.825. The number of methoxy groups -OCH3 is 1. The third-order valence-electron chi connectivity index (χ3n) is 4.59. The minimum absolute atomic E-state index is 0.825. The van der Waals surface area contributed by atoms with E-state index in [1.165, 1.54) is 12.0 Å². The molecule has 0 saturated carbocycles. The summed E-state index contributed by atoms with van der Waals surface area (Å²) in [6, 6.07) is 2.27. The zero-order valence-electron chi connectivity index (χ0n) is 16.6. The van der Waals surface area contributed by atoms with Gasteiger partial charge in [-0.3, -0.25) is 9.89 Å². The molecule has 1 aliphatic heterocycles. The van der Waals surface area contributed by atoms with Crippen LogP contribution in [0.5, 0.6) is 0 Å². The number of rotatable bonds is 11. The largest absolute Gasteiger partial charge is 0.385 e. The third-order valence-corrected chi connectivity index (χ3v) is 5.61. The van der Waals surface area contributed by atoms with E-state index in [0.29, 0.717) is 0 Å². The van der Waals surface area contributed by atoms with Crippen molar-refractivity contribution in [1.82, 2.24) is 20.4 Å². The van der Waals surface area contributed by atoms with Crippen molar-refractivity contribution < 1.29 is 4.74 Å². The van der Waals surface area contributed by atoms with Gasteiger partial charge in [-0.15, -0.1) is 11.3 Å². The molecule has 148 valence electrons. The topological polar surface area (TPSA) is 52.1 Å². The molecular formula is C19H35N5OS. The van der Waals surface area contributed by atoms with Gasteiger partial charge in [0.1, 0.15) is 0 Å². The van der Waals surface area contributed by atoms with Crippen molar-refractivity contribution in [1.29, 1.82) is 0 Å². The van der Waals surface area contributed by atoms with Gasteiger partial charge in [-0.25, -0.2) is 0 Å². The molecule has 2 N–H and O–H groups in total.